The lowest BCUT2D eigenvalue weighted by atomic mass is 10.2. The third-order valence-corrected chi connectivity index (χ3v) is 4.06. The second-order valence-electron chi connectivity index (χ2n) is 4.96. The van der Waals surface area contributed by atoms with E-state index in [1.54, 1.807) is 26.0 Å². The normalized spacial score (nSPS) is 11.6. The Morgan fingerprint density at radius 1 is 1.30 bits per heavy atom. The Kier molecular flexibility index (Phi) is 5.54. The molecule has 7 heteroatoms. The van der Waals surface area contributed by atoms with Crippen molar-refractivity contribution in [3.05, 3.63) is 61.7 Å². The molecule has 0 radical (unpaired) electrons. The van der Waals surface area contributed by atoms with Crippen LogP contribution in [0.5, 0.6) is 5.75 Å². The molecule has 0 spiro atoms. The molecule has 2 rings (SSSR count). The van der Waals surface area contributed by atoms with E-state index < -0.39 is 11.0 Å². The fraction of sp³-hybridized carbons (Fsp3) is 0.188. The molecule has 0 aromatic heterocycles. The highest BCUT2D eigenvalue weighted by molar-refractivity contribution is 14.1. The van der Waals surface area contributed by atoms with Crippen LogP contribution >= 0.6 is 22.6 Å². The summed E-state index contributed by atoms with van der Waals surface area (Å²) in [7, 11) is 0. The van der Waals surface area contributed by atoms with Gasteiger partial charge in [0.15, 0.2) is 11.9 Å². The van der Waals surface area contributed by atoms with Gasteiger partial charge in [0.2, 0.25) is 0 Å². The van der Waals surface area contributed by atoms with Crippen LogP contribution in [0.4, 0.5) is 11.4 Å². The molecule has 0 saturated carbocycles. The molecule has 0 aliphatic rings. The number of rotatable bonds is 5. The largest absolute Gasteiger partial charge is 0.474 e. The number of nitro benzene ring substituents is 1. The highest BCUT2D eigenvalue weighted by atomic mass is 127. The quantitative estimate of drug-likeness (QED) is 0.447. The van der Waals surface area contributed by atoms with Crippen LogP contribution in [0, 0.1) is 20.6 Å². The number of carbonyl (C=O) groups excluding carboxylic acids is 1. The van der Waals surface area contributed by atoms with Crippen LogP contribution in [0.1, 0.15) is 12.5 Å². The highest BCUT2D eigenvalue weighted by Gasteiger charge is 2.21. The van der Waals surface area contributed by atoms with Gasteiger partial charge in [-0.3, -0.25) is 14.9 Å². The van der Waals surface area contributed by atoms with E-state index in [4.69, 9.17) is 4.74 Å². The molecular formula is C16H15IN2O4. The molecule has 0 aliphatic heterocycles. The summed E-state index contributed by atoms with van der Waals surface area (Å²) in [6.45, 7) is 3.30. The topological polar surface area (TPSA) is 81.5 Å². The third kappa shape index (κ3) is 4.41. The lowest BCUT2D eigenvalue weighted by Gasteiger charge is -2.15. The van der Waals surface area contributed by atoms with Crippen LogP contribution < -0.4 is 10.1 Å². The SMILES string of the molecule is Cc1ccc(O[C@H](C)C(=O)Nc2ccccc2I)c([N+](=O)[O-])c1. The maximum Gasteiger partial charge on any atom is 0.311 e. The first-order chi connectivity index (χ1) is 10.9. The number of aryl methyl sites for hydroxylation is 1. The Hall–Kier alpha value is -2.16. The molecule has 23 heavy (non-hydrogen) atoms. The van der Waals surface area contributed by atoms with Crippen LogP contribution in [0.3, 0.4) is 0 Å². The van der Waals surface area contributed by atoms with Crippen molar-refractivity contribution in [2.75, 3.05) is 5.32 Å². The summed E-state index contributed by atoms with van der Waals surface area (Å²) in [4.78, 5) is 22.8. The van der Waals surface area contributed by atoms with Gasteiger partial charge in [0.1, 0.15) is 0 Å². The van der Waals surface area contributed by atoms with Crippen molar-refractivity contribution < 1.29 is 14.5 Å². The molecule has 6 nitrogen and oxygen atoms in total. The molecule has 2 aromatic rings. The first-order valence-corrected chi connectivity index (χ1v) is 7.93. The van der Waals surface area contributed by atoms with E-state index in [9.17, 15) is 14.9 Å². The van der Waals surface area contributed by atoms with E-state index in [1.165, 1.54) is 12.1 Å². The van der Waals surface area contributed by atoms with Gasteiger partial charge in [-0.1, -0.05) is 18.2 Å². The van der Waals surface area contributed by atoms with Crippen molar-refractivity contribution >= 4 is 39.9 Å². The summed E-state index contributed by atoms with van der Waals surface area (Å²) in [5.41, 5.74) is 1.27. The van der Waals surface area contributed by atoms with E-state index in [0.717, 1.165) is 9.13 Å². The second-order valence-corrected chi connectivity index (χ2v) is 6.12. The number of amides is 1. The molecule has 0 unspecified atom stereocenters. The number of ether oxygens (including phenoxy) is 1. The van der Waals surface area contributed by atoms with E-state index in [1.807, 2.05) is 18.2 Å². The Morgan fingerprint density at radius 2 is 2.00 bits per heavy atom. The lowest BCUT2D eigenvalue weighted by Crippen LogP contribution is -2.30. The van der Waals surface area contributed by atoms with E-state index in [2.05, 4.69) is 27.9 Å². The summed E-state index contributed by atoms with van der Waals surface area (Å²) < 4.78 is 6.37. The molecule has 120 valence electrons. The van der Waals surface area contributed by atoms with Gasteiger partial charge in [0.05, 0.1) is 10.6 Å². The van der Waals surface area contributed by atoms with Crippen LogP contribution in [-0.2, 0) is 4.79 Å². The van der Waals surface area contributed by atoms with Crippen LogP contribution in [0.15, 0.2) is 42.5 Å². The first-order valence-electron chi connectivity index (χ1n) is 6.85. The average molecular weight is 426 g/mol. The minimum absolute atomic E-state index is 0.0750. The van der Waals surface area contributed by atoms with Crippen LogP contribution in [0.2, 0.25) is 0 Å². The number of para-hydroxylation sites is 1. The Balaban J connectivity index is 2.13. The molecule has 0 fully saturated rings. The van der Waals surface area contributed by atoms with Gasteiger partial charge in [-0.15, -0.1) is 0 Å². The molecule has 0 bridgehead atoms. The zero-order chi connectivity index (χ0) is 17.0. The zero-order valence-electron chi connectivity index (χ0n) is 12.6. The number of anilines is 1. The first kappa shape index (κ1) is 17.2. The van der Waals surface area contributed by atoms with Gasteiger partial charge < -0.3 is 10.1 Å². The molecular weight excluding hydrogens is 411 g/mol. The number of nitro groups is 1. The van der Waals surface area contributed by atoms with Gasteiger partial charge in [-0.2, -0.15) is 0 Å². The maximum absolute atomic E-state index is 12.2. The fourth-order valence-electron chi connectivity index (χ4n) is 1.91. The van der Waals surface area contributed by atoms with Crippen LogP contribution in [-0.4, -0.2) is 16.9 Å². The van der Waals surface area contributed by atoms with E-state index in [0.29, 0.717) is 5.69 Å². The summed E-state index contributed by atoms with van der Waals surface area (Å²) >= 11 is 2.11. The number of nitrogens with zero attached hydrogens (tertiary/aromatic N) is 1. The molecule has 0 saturated heterocycles. The van der Waals surface area contributed by atoms with Crippen molar-refractivity contribution in [1.29, 1.82) is 0 Å². The average Bonchev–Trinajstić information content (AvgIpc) is 2.51. The molecule has 0 heterocycles. The Bertz CT molecular complexity index is 749. The smallest absolute Gasteiger partial charge is 0.311 e. The van der Waals surface area contributed by atoms with Crippen molar-refractivity contribution in [2.45, 2.75) is 20.0 Å². The summed E-state index contributed by atoms with van der Waals surface area (Å²) in [6, 6.07) is 11.9. The number of hydrogen-bond donors (Lipinski definition) is 1. The molecule has 0 aliphatic carbocycles. The predicted molar refractivity (Wildman–Crippen MR) is 95.7 cm³/mol. The minimum atomic E-state index is -0.868. The standard InChI is InChI=1S/C16H15IN2O4/c1-10-7-8-15(14(9-10)19(21)22)23-11(2)16(20)18-13-6-4-3-5-12(13)17/h3-9,11H,1-2H3,(H,18,20)/t11-/m1/s1. The molecule has 1 N–H and O–H groups in total. The summed E-state index contributed by atoms with van der Waals surface area (Å²) in [5.74, 6) is -0.296. The fourth-order valence-corrected chi connectivity index (χ4v) is 2.43. The maximum atomic E-state index is 12.2. The van der Waals surface area contributed by atoms with Gasteiger partial charge in [-0.25, -0.2) is 0 Å². The van der Waals surface area contributed by atoms with Crippen molar-refractivity contribution in [2.24, 2.45) is 0 Å². The number of benzene rings is 2. The monoisotopic (exact) mass is 426 g/mol. The predicted octanol–water partition coefficient (Wildman–Crippen LogP) is 3.91. The van der Waals surface area contributed by atoms with Crippen LogP contribution in [0.25, 0.3) is 0 Å². The van der Waals surface area contributed by atoms with Gasteiger partial charge in [0.25, 0.3) is 5.91 Å². The third-order valence-electron chi connectivity index (χ3n) is 3.12. The minimum Gasteiger partial charge on any atom is -0.474 e. The molecule has 1 atom stereocenters. The van der Waals surface area contributed by atoms with E-state index >= 15 is 0 Å². The van der Waals surface area contributed by atoms with Crippen molar-refractivity contribution in [3.63, 3.8) is 0 Å². The van der Waals surface area contributed by atoms with E-state index in [-0.39, 0.29) is 17.3 Å². The van der Waals surface area contributed by atoms with Crippen molar-refractivity contribution in [3.8, 4) is 5.75 Å². The Labute approximate surface area is 147 Å². The second kappa shape index (κ2) is 7.40. The van der Waals surface area contributed by atoms with Gasteiger partial charge in [-0.05, 0) is 60.2 Å². The molecule has 1 amide bonds. The molecule has 2 aromatic carbocycles. The summed E-state index contributed by atoms with van der Waals surface area (Å²) in [5, 5.41) is 13.8. The number of carbonyl (C=O) groups is 1. The lowest BCUT2D eigenvalue weighted by molar-refractivity contribution is -0.386. The highest BCUT2D eigenvalue weighted by Crippen LogP contribution is 2.29. The van der Waals surface area contributed by atoms with Gasteiger partial charge in [0, 0.05) is 9.64 Å². The summed E-state index contributed by atoms with van der Waals surface area (Å²) in [6.07, 6.45) is -0.868. The van der Waals surface area contributed by atoms with Crippen molar-refractivity contribution in [1.82, 2.24) is 0 Å². The van der Waals surface area contributed by atoms with Gasteiger partial charge >= 0.3 is 5.69 Å². The number of halogens is 1. The Morgan fingerprint density at radius 3 is 2.65 bits per heavy atom. The number of hydrogen-bond acceptors (Lipinski definition) is 4. The zero-order valence-corrected chi connectivity index (χ0v) is 14.7. The number of nitrogens with one attached hydrogen (secondary N) is 1.